The molecule has 1 aliphatic heterocycles. The SMILES string of the molecule is OCCOCCNCC1CCN(C2CC2)C1. The highest BCUT2D eigenvalue weighted by Crippen LogP contribution is 2.31. The van der Waals surface area contributed by atoms with Crippen LogP contribution in [0.3, 0.4) is 0 Å². The van der Waals surface area contributed by atoms with Gasteiger partial charge in [-0.25, -0.2) is 0 Å². The van der Waals surface area contributed by atoms with Crippen molar-refractivity contribution in [2.75, 3.05) is 46.0 Å². The van der Waals surface area contributed by atoms with Crippen LogP contribution >= 0.6 is 0 Å². The maximum atomic E-state index is 8.53. The maximum absolute atomic E-state index is 8.53. The van der Waals surface area contributed by atoms with Gasteiger partial charge in [0.2, 0.25) is 0 Å². The van der Waals surface area contributed by atoms with Crippen molar-refractivity contribution >= 4 is 0 Å². The molecule has 2 aliphatic rings. The molecule has 4 heteroatoms. The number of aliphatic hydroxyl groups excluding tert-OH is 1. The van der Waals surface area contributed by atoms with Crippen molar-refractivity contribution in [3.8, 4) is 0 Å². The highest BCUT2D eigenvalue weighted by Gasteiger charge is 2.33. The number of rotatable bonds is 8. The molecular weight excluding hydrogens is 204 g/mol. The Morgan fingerprint density at radius 3 is 2.88 bits per heavy atom. The lowest BCUT2D eigenvalue weighted by Gasteiger charge is -2.15. The molecule has 2 N–H and O–H groups in total. The number of hydrogen-bond donors (Lipinski definition) is 2. The molecule has 4 nitrogen and oxygen atoms in total. The zero-order valence-electron chi connectivity index (χ0n) is 10.0. The van der Waals surface area contributed by atoms with E-state index in [-0.39, 0.29) is 6.61 Å². The summed E-state index contributed by atoms with van der Waals surface area (Å²) >= 11 is 0. The number of nitrogens with zero attached hydrogens (tertiary/aromatic N) is 1. The second kappa shape index (κ2) is 6.55. The summed E-state index contributed by atoms with van der Waals surface area (Å²) in [5.74, 6) is 0.832. The smallest absolute Gasteiger partial charge is 0.0698 e. The quantitative estimate of drug-likeness (QED) is 0.577. The first-order valence-electron chi connectivity index (χ1n) is 6.53. The minimum atomic E-state index is 0.124. The molecule has 0 bridgehead atoms. The summed E-state index contributed by atoms with van der Waals surface area (Å²) in [6, 6.07) is 0.929. The third-order valence-corrected chi connectivity index (χ3v) is 3.47. The zero-order chi connectivity index (χ0) is 11.2. The summed E-state index contributed by atoms with van der Waals surface area (Å²) in [5, 5.41) is 12.0. The van der Waals surface area contributed by atoms with E-state index in [0.29, 0.717) is 13.2 Å². The first-order valence-corrected chi connectivity index (χ1v) is 6.53. The molecule has 0 radical (unpaired) electrons. The number of likely N-dealkylation sites (tertiary alicyclic amines) is 1. The van der Waals surface area contributed by atoms with Gasteiger partial charge in [-0.3, -0.25) is 0 Å². The lowest BCUT2D eigenvalue weighted by molar-refractivity contribution is 0.0935. The van der Waals surface area contributed by atoms with Gasteiger partial charge in [0, 0.05) is 19.1 Å². The van der Waals surface area contributed by atoms with Crippen LogP contribution in [0.4, 0.5) is 0 Å². The summed E-state index contributed by atoms with van der Waals surface area (Å²) in [5.41, 5.74) is 0. The van der Waals surface area contributed by atoms with E-state index in [1.165, 1.54) is 32.4 Å². The highest BCUT2D eigenvalue weighted by molar-refractivity contribution is 4.89. The van der Waals surface area contributed by atoms with Gasteiger partial charge in [-0.05, 0) is 38.3 Å². The van der Waals surface area contributed by atoms with E-state index in [9.17, 15) is 0 Å². The minimum Gasteiger partial charge on any atom is -0.394 e. The van der Waals surface area contributed by atoms with Crippen molar-refractivity contribution in [2.45, 2.75) is 25.3 Å². The Kier molecular flexibility index (Phi) is 5.03. The predicted octanol–water partition coefficient (Wildman–Crippen LogP) is 0.0692. The van der Waals surface area contributed by atoms with Gasteiger partial charge in [0.25, 0.3) is 0 Å². The van der Waals surface area contributed by atoms with Gasteiger partial charge >= 0.3 is 0 Å². The molecule has 0 aromatic rings. The molecule has 2 fully saturated rings. The summed E-state index contributed by atoms with van der Waals surface area (Å²) in [6.45, 7) is 5.90. The largest absolute Gasteiger partial charge is 0.394 e. The van der Waals surface area contributed by atoms with Crippen LogP contribution in [0.1, 0.15) is 19.3 Å². The van der Waals surface area contributed by atoms with E-state index in [2.05, 4.69) is 10.2 Å². The average molecular weight is 228 g/mol. The van der Waals surface area contributed by atoms with Crippen LogP contribution in [0.15, 0.2) is 0 Å². The van der Waals surface area contributed by atoms with Crippen LogP contribution in [0, 0.1) is 5.92 Å². The van der Waals surface area contributed by atoms with Crippen LogP contribution in [-0.2, 0) is 4.74 Å². The fourth-order valence-corrected chi connectivity index (χ4v) is 2.42. The van der Waals surface area contributed by atoms with Crippen molar-refractivity contribution < 1.29 is 9.84 Å². The normalized spacial score (nSPS) is 26.4. The Bertz CT molecular complexity index is 197. The minimum absolute atomic E-state index is 0.124. The van der Waals surface area contributed by atoms with Crippen LogP contribution in [-0.4, -0.2) is 62.0 Å². The first kappa shape index (κ1) is 12.3. The van der Waals surface area contributed by atoms with Gasteiger partial charge in [0.05, 0.1) is 19.8 Å². The van der Waals surface area contributed by atoms with Crippen molar-refractivity contribution in [3.63, 3.8) is 0 Å². The Morgan fingerprint density at radius 1 is 1.25 bits per heavy atom. The third-order valence-electron chi connectivity index (χ3n) is 3.47. The van der Waals surface area contributed by atoms with Crippen LogP contribution in [0.2, 0.25) is 0 Å². The topological polar surface area (TPSA) is 44.7 Å². The maximum Gasteiger partial charge on any atom is 0.0698 e. The van der Waals surface area contributed by atoms with Gasteiger partial charge in [-0.15, -0.1) is 0 Å². The van der Waals surface area contributed by atoms with Crippen molar-refractivity contribution in [1.29, 1.82) is 0 Å². The molecule has 1 saturated carbocycles. The molecule has 0 aromatic heterocycles. The van der Waals surface area contributed by atoms with Gasteiger partial charge in [-0.2, -0.15) is 0 Å². The third kappa shape index (κ3) is 4.01. The average Bonchev–Trinajstić information content (AvgIpc) is 3.04. The van der Waals surface area contributed by atoms with Gasteiger partial charge < -0.3 is 20.1 Å². The van der Waals surface area contributed by atoms with Gasteiger partial charge in [0.1, 0.15) is 0 Å². The van der Waals surface area contributed by atoms with E-state index in [0.717, 1.165) is 25.0 Å². The molecular formula is C12H24N2O2. The van der Waals surface area contributed by atoms with E-state index in [4.69, 9.17) is 9.84 Å². The van der Waals surface area contributed by atoms with Crippen molar-refractivity contribution in [2.24, 2.45) is 5.92 Å². The Hall–Kier alpha value is -0.160. The number of nitrogens with one attached hydrogen (secondary N) is 1. The molecule has 2 rings (SSSR count). The number of ether oxygens (including phenoxy) is 1. The van der Waals surface area contributed by atoms with Gasteiger partial charge in [-0.1, -0.05) is 0 Å². The molecule has 0 spiro atoms. The lowest BCUT2D eigenvalue weighted by atomic mass is 10.1. The number of aliphatic hydroxyl groups is 1. The standard InChI is InChI=1S/C12H24N2O2/c15-6-8-16-7-4-13-9-11-3-5-14(10-11)12-1-2-12/h11-13,15H,1-10H2. The Labute approximate surface area is 98.0 Å². The fraction of sp³-hybridized carbons (Fsp3) is 1.00. The fourth-order valence-electron chi connectivity index (χ4n) is 2.42. The van der Waals surface area contributed by atoms with Crippen molar-refractivity contribution in [1.82, 2.24) is 10.2 Å². The van der Waals surface area contributed by atoms with Crippen molar-refractivity contribution in [3.05, 3.63) is 0 Å². The number of hydrogen-bond acceptors (Lipinski definition) is 4. The molecule has 94 valence electrons. The molecule has 16 heavy (non-hydrogen) atoms. The highest BCUT2D eigenvalue weighted by atomic mass is 16.5. The molecule has 1 saturated heterocycles. The van der Waals surface area contributed by atoms with E-state index < -0.39 is 0 Å². The van der Waals surface area contributed by atoms with Gasteiger partial charge in [0.15, 0.2) is 0 Å². The summed E-state index contributed by atoms with van der Waals surface area (Å²) < 4.78 is 5.19. The molecule has 1 aliphatic carbocycles. The molecule has 0 aromatic carbocycles. The predicted molar refractivity (Wildman–Crippen MR) is 63.5 cm³/mol. The summed E-state index contributed by atoms with van der Waals surface area (Å²) in [6.07, 6.45) is 4.20. The van der Waals surface area contributed by atoms with E-state index in [1.807, 2.05) is 0 Å². The van der Waals surface area contributed by atoms with Crippen LogP contribution in [0.25, 0.3) is 0 Å². The molecule has 0 amide bonds. The Balaban J connectivity index is 1.44. The molecule has 1 atom stereocenters. The monoisotopic (exact) mass is 228 g/mol. The second-order valence-electron chi connectivity index (χ2n) is 4.92. The lowest BCUT2D eigenvalue weighted by Crippen LogP contribution is -2.29. The zero-order valence-corrected chi connectivity index (χ0v) is 10.0. The Morgan fingerprint density at radius 2 is 2.12 bits per heavy atom. The summed E-state index contributed by atoms with van der Waals surface area (Å²) in [4.78, 5) is 2.65. The first-order chi connectivity index (χ1) is 7.90. The van der Waals surface area contributed by atoms with E-state index >= 15 is 0 Å². The molecule has 1 heterocycles. The van der Waals surface area contributed by atoms with Crippen LogP contribution < -0.4 is 5.32 Å². The van der Waals surface area contributed by atoms with E-state index in [1.54, 1.807) is 0 Å². The molecule has 1 unspecified atom stereocenters. The second-order valence-corrected chi connectivity index (χ2v) is 4.92. The van der Waals surface area contributed by atoms with Crippen LogP contribution in [0.5, 0.6) is 0 Å². The summed E-state index contributed by atoms with van der Waals surface area (Å²) in [7, 11) is 0.